The molecule has 2 nitrogen and oxygen atoms in total. The lowest BCUT2D eigenvalue weighted by Gasteiger charge is -2.17. The largest absolute Gasteiger partial charge is 0.311 e. The van der Waals surface area contributed by atoms with E-state index in [1.165, 1.54) is 6.07 Å². The number of aromatic nitrogens is 1. The zero-order chi connectivity index (χ0) is 13.0. The van der Waals surface area contributed by atoms with Crippen molar-refractivity contribution in [1.29, 1.82) is 0 Å². The van der Waals surface area contributed by atoms with Gasteiger partial charge in [0, 0.05) is 6.20 Å². The third kappa shape index (κ3) is 2.93. The molecule has 0 spiro atoms. The summed E-state index contributed by atoms with van der Waals surface area (Å²) in [6, 6.07) is 10.8. The van der Waals surface area contributed by atoms with Gasteiger partial charge in [-0.25, -0.2) is 4.39 Å². The molecule has 1 aromatic carbocycles. The molecular formula is C15H17FN2. The van der Waals surface area contributed by atoms with E-state index in [4.69, 9.17) is 0 Å². The molecule has 0 radical (unpaired) electrons. The monoisotopic (exact) mass is 244 g/mol. The van der Waals surface area contributed by atoms with Gasteiger partial charge >= 0.3 is 0 Å². The van der Waals surface area contributed by atoms with Crippen LogP contribution in [0.15, 0.2) is 42.6 Å². The van der Waals surface area contributed by atoms with E-state index in [0.29, 0.717) is 0 Å². The lowest BCUT2D eigenvalue weighted by Crippen LogP contribution is -2.21. The molecule has 94 valence electrons. The Kier molecular flexibility index (Phi) is 4.05. The van der Waals surface area contributed by atoms with Crippen LogP contribution in [0.3, 0.4) is 0 Å². The van der Waals surface area contributed by atoms with Crippen molar-refractivity contribution in [1.82, 2.24) is 10.3 Å². The first kappa shape index (κ1) is 12.7. The molecule has 1 heterocycles. The fraction of sp³-hybridized carbons (Fsp3) is 0.267. The minimum atomic E-state index is -0.194. The molecule has 0 aliphatic carbocycles. The van der Waals surface area contributed by atoms with Crippen LogP contribution in [-0.4, -0.2) is 12.0 Å². The molecule has 1 unspecified atom stereocenters. The Morgan fingerprint density at radius 3 is 2.78 bits per heavy atom. The van der Waals surface area contributed by atoms with E-state index in [9.17, 15) is 4.39 Å². The number of hydrogen-bond acceptors (Lipinski definition) is 2. The van der Waals surface area contributed by atoms with Gasteiger partial charge in [-0.3, -0.25) is 4.98 Å². The number of nitrogens with zero attached hydrogens (tertiary/aromatic N) is 1. The van der Waals surface area contributed by atoms with Crippen LogP contribution in [0.5, 0.6) is 0 Å². The van der Waals surface area contributed by atoms with Crippen LogP contribution in [0.2, 0.25) is 0 Å². The summed E-state index contributed by atoms with van der Waals surface area (Å²) in [4.78, 5) is 4.41. The highest BCUT2D eigenvalue weighted by atomic mass is 19.1. The van der Waals surface area contributed by atoms with Crippen LogP contribution >= 0.6 is 0 Å². The first-order chi connectivity index (χ1) is 8.70. The van der Waals surface area contributed by atoms with Crippen LogP contribution < -0.4 is 5.32 Å². The quantitative estimate of drug-likeness (QED) is 0.894. The van der Waals surface area contributed by atoms with E-state index in [-0.39, 0.29) is 11.9 Å². The van der Waals surface area contributed by atoms with Crippen molar-refractivity contribution in [2.75, 3.05) is 7.05 Å². The summed E-state index contributed by atoms with van der Waals surface area (Å²) >= 11 is 0. The van der Waals surface area contributed by atoms with E-state index in [2.05, 4.69) is 10.3 Å². The van der Waals surface area contributed by atoms with Crippen molar-refractivity contribution in [2.45, 2.75) is 19.4 Å². The number of nitrogens with one attached hydrogen (secondary N) is 1. The third-order valence-corrected chi connectivity index (χ3v) is 3.06. The zero-order valence-electron chi connectivity index (χ0n) is 10.7. The second-order valence-electron chi connectivity index (χ2n) is 4.38. The first-order valence-corrected chi connectivity index (χ1v) is 6.04. The average molecular weight is 244 g/mol. The Labute approximate surface area is 107 Å². The van der Waals surface area contributed by atoms with Crippen LogP contribution in [0.1, 0.15) is 22.9 Å². The zero-order valence-corrected chi connectivity index (χ0v) is 10.7. The van der Waals surface area contributed by atoms with Crippen LogP contribution in [0.25, 0.3) is 0 Å². The highest BCUT2D eigenvalue weighted by Gasteiger charge is 2.13. The number of aryl methyl sites for hydroxylation is 1. The molecule has 1 N–H and O–H groups in total. The molecule has 3 heteroatoms. The van der Waals surface area contributed by atoms with E-state index < -0.39 is 0 Å². The van der Waals surface area contributed by atoms with Crippen molar-refractivity contribution in [3.63, 3.8) is 0 Å². The average Bonchev–Trinajstić information content (AvgIpc) is 2.37. The van der Waals surface area contributed by atoms with Gasteiger partial charge in [-0.05, 0) is 49.7 Å². The van der Waals surface area contributed by atoms with Gasteiger partial charge in [0.1, 0.15) is 5.82 Å². The Bertz CT molecular complexity index is 525. The normalized spacial score (nSPS) is 12.4. The summed E-state index contributed by atoms with van der Waals surface area (Å²) in [6.45, 7) is 2.04. The van der Waals surface area contributed by atoms with Crippen LogP contribution in [0.4, 0.5) is 4.39 Å². The summed E-state index contributed by atoms with van der Waals surface area (Å²) in [5.41, 5.74) is 3.14. The van der Waals surface area contributed by atoms with Crippen molar-refractivity contribution in [2.24, 2.45) is 0 Å². The Hall–Kier alpha value is -1.74. The summed E-state index contributed by atoms with van der Waals surface area (Å²) in [5, 5.41) is 3.24. The van der Waals surface area contributed by atoms with E-state index >= 15 is 0 Å². The van der Waals surface area contributed by atoms with Gasteiger partial charge in [0.05, 0.1) is 11.7 Å². The predicted octanol–water partition coefficient (Wildman–Crippen LogP) is 3.03. The Morgan fingerprint density at radius 2 is 2.11 bits per heavy atom. The molecule has 0 bridgehead atoms. The van der Waals surface area contributed by atoms with Gasteiger partial charge in [0.2, 0.25) is 0 Å². The number of likely N-dealkylation sites (N-methyl/N-ethyl adjacent to an activating group) is 1. The summed E-state index contributed by atoms with van der Waals surface area (Å²) in [5.74, 6) is -0.194. The minimum Gasteiger partial charge on any atom is -0.311 e. The second kappa shape index (κ2) is 5.74. The molecule has 0 aliphatic heterocycles. The maximum Gasteiger partial charge on any atom is 0.123 e. The highest BCUT2D eigenvalue weighted by molar-refractivity contribution is 5.25. The first-order valence-electron chi connectivity index (χ1n) is 6.04. The maximum absolute atomic E-state index is 13.2. The third-order valence-electron chi connectivity index (χ3n) is 3.06. The lowest BCUT2D eigenvalue weighted by atomic mass is 10.00. The standard InChI is InChI=1S/C15H17FN2/c1-11-5-4-8-18-15(11)14(17-2)10-12-6-3-7-13(16)9-12/h3-9,14,17H,10H2,1-2H3. The molecule has 0 amide bonds. The molecular weight excluding hydrogens is 227 g/mol. The van der Waals surface area contributed by atoms with Gasteiger partial charge in [-0.1, -0.05) is 18.2 Å². The van der Waals surface area contributed by atoms with E-state index in [1.54, 1.807) is 18.3 Å². The fourth-order valence-electron chi connectivity index (χ4n) is 2.10. The molecule has 18 heavy (non-hydrogen) atoms. The molecule has 0 saturated carbocycles. The molecule has 2 aromatic rings. The van der Waals surface area contributed by atoms with Crippen molar-refractivity contribution in [3.05, 3.63) is 65.2 Å². The van der Waals surface area contributed by atoms with Crippen LogP contribution in [0, 0.1) is 12.7 Å². The van der Waals surface area contributed by atoms with Crippen LogP contribution in [-0.2, 0) is 6.42 Å². The smallest absolute Gasteiger partial charge is 0.123 e. The van der Waals surface area contributed by atoms with Gasteiger partial charge in [0.15, 0.2) is 0 Å². The lowest BCUT2D eigenvalue weighted by molar-refractivity contribution is 0.567. The second-order valence-corrected chi connectivity index (χ2v) is 4.38. The SMILES string of the molecule is CNC(Cc1cccc(F)c1)c1ncccc1C. The van der Waals surface area contributed by atoms with Gasteiger partial charge in [-0.2, -0.15) is 0 Å². The highest BCUT2D eigenvalue weighted by Crippen LogP contribution is 2.19. The Balaban J connectivity index is 2.23. The topological polar surface area (TPSA) is 24.9 Å². The van der Waals surface area contributed by atoms with E-state index in [1.807, 2.05) is 32.2 Å². The van der Waals surface area contributed by atoms with Crippen molar-refractivity contribution >= 4 is 0 Å². The van der Waals surface area contributed by atoms with Gasteiger partial charge in [-0.15, -0.1) is 0 Å². The summed E-state index contributed by atoms with van der Waals surface area (Å²) < 4.78 is 13.2. The fourth-order valence-corrected chi connectivity index (χ4v) is 2.10. The number of pyridine rings is 1. The Morgan fingerprint density at radius 1 is 1.28 bits per heavy atom. The molecule has 2 rings (SSSR count). The number of hydrogen-bond donors (Lipinski definition) is 1. The van der Waals surface area contributed by atoms with E-state index in [0.717, 1.165) is 23.2 Å². The summed E-state index contributed by atoms with van der Waals surface area (Å²) in [6.07, 6.45) is 2.52. The molecule has 0 saturated heterocycles. The molecule has 0 fully saturated rings. The number of halogens is 1. The van der Waals surface area contributed by atoms with Crippen molar-refractivity contribution in [3.8, 4) is 0 Å². The van der Waals surface area contributed by atoms with Gasteiger partial charge in [0.25, 0.3) is 0 Å². The van der Waals surface area contributed by atoms with Gasteiger partial charge < -0.3 is 5.32 Å². The minimum absolute atomic E-state index is 0.105. The summed E-state index contributed by atoms with van der Waals surface area (Å²) in [7, 11) is 1.90. The number of benzene rings is 1. The molecule has 0 aliphatic rings. The predicted molar refractivity (Wildman–Crippen MR) is 70.9 cm³/mol. The molecule has 1 atom stereocenters. The number of rotatable bonds is 4. The maximum atomic E-state index is 13.2. The molecule has 1 aromatic heterocycles. The van der Waals surface area contributed by atoms with Crippen molar-refractivity contribution < 1.29 is 4.39 Å².